The molecular formula is C15H23NO2. The van der Waals surface area contributed by atoms with Crippen LogP contribution in [-0.2, 0) is 15.9 Å². The summed E-state index contributed by atoms with van der Waals surface area (Å²) in [5, 5.41) is 0. The zero-order valence-corrected chi connectivity index (χ0v) is 11.3. The van der Waals surface area contributed by atoms with Crippen molar-refractivity contribution in [1.29, 1.82) is 0 Å². The summed E-state index contributed by atoms with van der Waals surface area (Å²) in [6.45, 7) is 3.81. The standard InChI is InChI=1S/C15H23NO2/c1-11-7-10-18-15(11)14(16)13-5-3-12(4-6-13)8-9-17-2/h3-6,11,14-15H,7-10,16H2,1-2H3. The molecule has 100 valence electrons. The molecule has 1 aromatic rings. The van der Waals surface area contributed by atoms with Gasteiger partial charge in [0.15, 0.2) is 0 Å². The zero-order valence-electron chi connectivity index (χ0n) is 11.3. The van der Waals surface area contributed by atoms with E-state index < -0.39 is 0 Å². The maximum absolute atomic E-state index is 6.29. The fourth-order valence-electron chi connectivity index (χ4n) is 2.49. The largest absolute Gasteiger partial charge is 0.384 e. The molecule has 2 rings (SSSR count). The van der Waals surface area contributed by atoms with E-state index in [1.54, 1.807) is 7.11 Å². The van der Waals surface area contributed by atoms with E-state index in [2.05, 4.69) is 31.2 Å². The summed E-state index contributed by atoms with van der Waals surface area (Å²) in [7, 11) is 1.73. The Hall–Kier alpha value is -0.900. The minimum absolute atomic E-state index is 0.0148. The number of ether oxygens (including phenoxy) is 2. The predicted octanol–water partition coefficient (Wildman–Crippen LogP) is 2.30. The van der Waals surface area contributed by atoms with E-state index in [0.29, 0.717) is 5.92 Å². The summed E-state index contributed by atoms with van der Waals surface area (Å²) >= 11 is 0. The Labute approximate surface area is 109 Å². The third kappa shape index (κ3) is 3.10. The van der Waals surface area contributed by atoms with Crippen molar-refractivity contribution in [3.8, 4) is 0 Å². The predicted molar refractivity (Wildman–Crippen MR) is 72.5 cm³/mol. The Bertz CT molecular complexity index is 363. The highest BCUT2D eigenvalue weighted by atomic mass is 16.5. The van der Waals surface area contributed by atoms with Gasteiger partial charge < -0.3 is 15.2 Å². The second kappa shape index (κ2) is 6.32. The van der Waals surface area contributed by atoms with Crippen LogP contribution >= 0.6 is 0 Å². The molecule has 1 aliphatic heterocycles. The van der Waals surface area contributed by atoms with Crippen LogP contribution < -0.4 is 5.73 Å². The summed E-state index contributed by atoms with van der Waals surface area (Å²) in [6, 6.07) is 8.48. The lowest BCUT2D eigenvalue weighted by molar-refractivity contribution is 0.0725. The summed E-state index contributed by atoms with van der Waals surface area (Å²) in [5.41, 5.74) is 8.74. The van der Waals surface area contributed by atoms with Crippen molar-refractivity contribution >= 4 is 0 Å². The van der Waals surface area contributed by atoms with Crippen molar-refractivity contribution in [2.75, 3.05) is 20.3 Å². The molecule has 3 unspecified atom stereocenters. The number of rotatable bonds is 5. The summed E-state index contributed by atoms with van der Waals surface area (Å²) in [5.74, 6) is 0.549. The minimum atomic E-state index is -0.0148. The van der Waals surface area contributed by atoms with Crippen molar-refractivity contribution < 1.29 is 9.47 Å². The molecule has 0 saturated carbocycles. The van der Waals surface area contributed by atoms with Crippen molar-refractivity contribution in [3.05, 3.63) is 35.4 Å². The molecule has 0 spiro atoms. The highest BCUT2D eigenvalue weighted by Gasteiger charge is 2.30. The Morgan fingerprint density at radius 2 is 2.11 bits per heavy atom. The van der Waals surface area contributed by atoms with E-state index in [4.69, 9.17) is 15.2 Å². The first-order valence-electron chi connectivity index (χ1n) is 6.67. The quantitative estimate of drug-likeness (QED) is 0.871. The third-order valence-electron chi connectivity index (χ3n) is 3.76. The van der Waals surface area contributed by atoms with Crippen molar-refractivity contribution in [3.63, 3.8) is 0 Å². The maximum atomic E-state index is 6.29. The number of hydrogen-bond acceptors (Lipinski definition) is 3. The molecule has 3 atom stereocenters. The normalized spacial score (nSPS) is 25.3. The lowest BCUT2D eigenvalue weighted by atomic mass is 9.92. The fourth-order valence-corrected chi connectivity index (χ4v) is 2.49. The fraction of sp³-hybridized carbons (Fsp3) is 0.600. The molecule has 2 N–H and O–H groups in total. The van der Waals surface area contributed by atoms with Gasteiger partial charge >= 0.3 is 0 Å². The topological polar surface area (TPSA) is 44.5 Å². The van der Waals surface area contributed by atoms with Crippen LogP contribution in [0, 0.1) is 5.92 Å². The number of benzene rings is 1. The van der Waals surface area contributed by atoms with Gasteiger partial charge in [-0.15, -0.1) is 0 Å². The van der Waals surface area contributed by atoms with Crippen LogP contribution in [0.2, 0.25) is 0 Å². The number of nitrogens with two attached hydrogens (primary N) is 1. The molecule has 0 radical (unpaired) electrons. The highest BCUT2D eigenvalue weighted by Crippen LogP contribution is 2.29. The summed E-state index contributed by atoms with van der Waals surface area (Å²) in [6.07, 6.45) is 2.22. The van der Waals surface area contributed by atoms with Gasteiger partial charge in [-0.1, -0.05) is 31.2 Å². The Morgan fingerprint density at radius 1 is 1.39 bits per heavy atom. The molecule has 1 saturated heterocycles. The first-order chi connectivity index (χ1) is 8.72. The van der Waals surface area contributed by atoms with Gasteiger partial charge in [-0.05, 0) is 29.9 Å². The SMILES string of the molecule is COCCc1ccc(C(N)C2OCCC2C)cc1. The lowest BCUT2D eigenvalue weighted by Gasteiger charge is -2.22. The Balaban J connectivity index is 2.00. The van der Waals surface area contributed by atoms with Gasteiger partial charge in [-0.2, -0.15) is 0 Å². The molecule has 1 aromatic carbocycles. The smallest absolute Gasteiger partial charge is 0.0793 e. The second-order valence-electron chi connectivity index (χ2n) is 5.11. The van der Waals surface area contributed by atoms with E-state index in [-0.39, 0.29) is 12.1 Å². The molecule has 3 heteroatoms. The number of methoxy groups -OCH3 is 1. The molecule has 0 bridgehead atoms. The van der Waals surface area contributed by atoms with E-state index >= 15 is 0 Å². The van der Waals surface area contributed by atoms with Gasteiger partial charge in [0.05, 0.1) is 18.8 Å². The minimum Gasteiger partial charge on any atom is -0.384 e. The van der Waals surface area contributed by atoms with Gasteiger partial charge in [0.2, 0.25) is 0 Å². The van der Waals surface area contributed by atoms with E-state index in [1.807, 2.05) is 0 Å². The van der Waals surface area contributed by atoms with Gasteiger partial charge in [0.1, 0.15) is 0 Å². The van der Waals surface area contributed by atoms with Crippen molar-refractivity contribution in [2.24, 2.45) is 11.7 Å². The van der Waals surface area contributed by atoms with E-state index in [1.165, 1.54) is 5.56 Å². The molecule has 1 fully saturated rings. The summed E-state index contributed by atoms with van der Waals surface area (Å²) < 4.78 is 10.8. The van der Waals surface area contributed by atoms with Gasteiger partial charge in [0, 0.05) is 13.7 Å². The van der Waals surface area contributed by atoms with E-state index in [0.717, 1.165) is 31.6 Å². The van der Waals surface area contributed by atoms with E-state index in [9.17, 15) is 0 Å². The molecule has 0 aliphatic carbocycles. The molecule has 0 aromatic heterocycles. The van der Waals surface area contributed by atoms with Crippen LogP contribution in [0.4, 0.5) is 0 Å². The monoisotopic (exact) mass is 249 g/mol. The highest BCUT2D eigenvalue weighted by molar-refractivity contribution is 5.26. The average Bonchev–Trinajstić information content (AvgIpc) is 2.82. The van der Waals surface area contributed by atoms with Crippen molar-refractivity contribution in [1.82, 2.24) is 0 Å². The number of hydrogen-bond donors (Lipinski definition) is 1. The van der Waals surface area contributed by atoms with Gasteiger partial charge in [-0.3, -0.25) is 0 Å². The van der Waals surface area contributed by atoms with Crippen LogP contribution in [0.1, 0.15) is 30.5 Å². The molecule has 3 nitrogen and oxygen atoms in total. The lowest BCUT2D eigenvalue weighted by Crippen LogP contribution is -2.29. The molecule has 18 heavy (non-hydrogen) atoms. The van der Waals surface area contributed by atoms with Crippen LogP contribution in [0.3, 0.4) is 0 Å². The Kier molecular flexibility index (Phi) is 4.75. The second-order valence-corrected chi connectivity index (χ2v) is 5.11. The van der Waals surface area contributed by atoms with Crippen LogP contribution in [-0.4, -0.2) is 26.4 Å². The van der Waals surface area contributed by atoms with Crippen LogP contribution in [0.5, 0.6) is 0 Å². The first-order valence-corrected chi connectivity index (χ1v) is 6.67. The first kappa shape index (κ1) is 13.5. The van der Waals surface area contributed by atoms with Gasteiger partial charge in [0.25, 0.3) is 0 Å². The molecule has 0 amide bonds. The maximum Gasteiger partial charge on any atom is 0.0793 e. The summed E-state index contributed by atoms with van der Waals surface area (Å²) in [4.78, 5) is 0. The molecule has 1 aliphatic rings. The zero-order chi connectivity index (χ0) is 13.0. The molecule has 1 heterocycles. The Morgan fingerprint density at radius 3 is 2.67 bits per heavy atom. The van der Waals surface area contributed by atoms with Gasteiger partial charge in [-0.25, -0.2) is 0 Å². The van der Waals surface area contributed by atoms with Crippen molar-refractivity contribution in [2.45, 2.75) is 31.9 Å². The molecular weight excluding hydrogens is 226 g/mol. The van der Waals surface area contributed by atoms with Crippen LogP contribution in [0.15, 0.2) is 24.3 Å². The third-order valence-corrected chi connectivity index (χ3v) is 3.76. The van der Waals surface area contributed by atoms with Crippen LogP contribution in [0.25, 0.3) is 0 Å². The average molecular weight is 249 g/mol.